The van der Waals surface area contributed by atoms with E-state index < -0.39 is 5.97 Å². The molecule has 1 unspecified atom stereocenters. The molecule has 0 rings (SSSR count). The summed E-state index contributed by atoms with van der Waals surface area (Å²) in [5.41, 5.74) is 0. The molecule has 0 heterocycles. The first-order valence-corrected chi connectivity index (χ1v) is 5.94. The van der Waals surface area contributed by atoms with Crippen molar-refractivity contribution in [2.75, 3.05) is 0 Å². The predicted octanol–water partition coefficient (Wildman–Crippen LogP) is 3.59. The fourth-order valence-corrected chi connectivity index (χ4v) is 1.77. The number of unbranched alkanes of at least 4 members (excludes halogenated alkanes) is 3. The summed E-state index contributed by atoms with van der Waals surface area (Å²) >= 11 is 3.50. The molecule has 13 heavy (non-hydrogen) atoms. The van der Waals surface area contributed by atoms with Crippen molar-refractivity contribution in [1.29, 1.82) is 0 Å². The first-order valence-electron chi connectivity index (χ1n) is 5.02. The fraction of sp³-hybridized carbons (Fsp3) is 0.900. The second-order valence-corrected chi connectivity index (χ2v) is 4.67. The summed E-state index contributed by atoms with van der Waals surface area (Å²) in [4.78, 5) is 10.6. The minimum absolute atomic E-state index is 0.281. The number of carboxylic acids is 1. The van der Waals surface area contributed by atoms with Gasteiger partial charge in [0, 0.05) is 11.2 Å². The van der Waals surface area contributed by atoms with Crippen molar-refractivity contribution in [3.8, 4) is 0 Å². The van der Waals surface area contributed by atoms with Crippen LogP contribution in [-0.2, 0) is 4.79 Å². The van der Waals surface area contributed by atoms with E-state index in [9.17, 15) is 4.79 Å². The van der Waals surface area contributed by atoms with Gasteiger partial charge in [0.1, 0.15) is 0 Å². The molecule has 0 bridgehead atoms. The van der Waals surface area contributed by atoms with Crippen LogP contribution in [-0.4, -0.2) is 15.9 Å². The van der Waals surface area contributed by atoms with E-state index in [-0.39, 0.29) is 6.42 Å². The highest BCUT2D eigenvalue weighted by Crippen LogP contribution is 2.16. The molecule has 1 atom stereocenters. The van der Waals surface area contributed by atoms with E-state index in [2.05, 4.69) is 22.9 Å². The van der Waals surface area contributed by atoms with Gasteiger partial charge in [0.15, 0.2) is 0 Å². The molecule has 0 aliphatic rings. The fourth-order valence-electron chi connectivity index (χ4n) is 1.22. The molecule has 0 aromatic heterocycles. The van der Waals surface area contributed by atoms with E-state index in [0.717, 1.165) is 12.8 Å². The Morgan fingerprint density at radius 1 is 1.31 bits per heavy atom. The monoisotopic (exact) mass is 250 g/mol. The maximum absolute atomic E-state index is 10.3. The number of halogens is 1. The van der Waals surface area contributed by atoms with E-state index in [1.807, 2.05) is 0 Å². The van der Waals surface area contributed by atoms with Crippen LogP contribution in [0, 0.1) is 0 Å². The Labute approximate surface area is 88.8 Å². The normalized spacial score (nSPS) is 12.8. The molecule has 0 aliphatic carbocycles. The lowest BCUT2D eigenvalue weighted by molar-refractivity contribution is -0.137. The van der Waals surface area contributed by atoms with Crippen molar-refractivity contribution in [1.82, 2.24) is 0 Å². The highest BCUT2D eigenvalue weighted by molar-refractivity contribution is 9.09. The number of aliphatic carboxylic acids is 1. The lowest BCUT2D eigenvalue weighted by atomic mass is 10.1. The molecular weight excluding hydrogens is 232 g/mol. The highest BCUT2D eigenvalue weighted by atomic mass is 79.9. The molecule has 0 fully saturated rings. The van der Waals surface area contributed by atoms with Gasteiger partial charge in [0.25, 0.3) is 0 Å². The maximum Gasteiger partial charge on any atom is 0.303 e. The summed E-state index contributed by atoms with van der Waals surface area (Å²) in [7, 11) is 0. The van der Waals surface area contributed by atoms with Gasteiger partial charge >= 0.3 is 5.97 Å². The van der Waals surface area contributed by atoms with Gasteiger partial charge in [-0.05, 0) is 12.8 Å². The summed E-state index contributed by atoms with van der Waals surface area (Å²) in [5, 5.41) is 8.45. The Bertz CT molecular complexity index is 137. The third-order valence-electron chi connectivity index (χ3n) is 2.04. The average Bonchev–Trinajstić information content (AvgIpc) is 2.09. The van der Waals surface area contributed by atoms with Crippen LogP contribution in [0.5, 0.6) is 0 Å². The Morgan fingerprint density at radius 2 is 2.00 bits per heavy atom. The molecule has 0 aromatic carbocycles. The summed E-state index contributed by atoms with van der Waals surface area (Å²) in [6.45, 7) is 2.19. The molecule has 0 aromatic rings. The summed E-state index contributed by atoms with van der Waals surface area (Å²) in [6, 6.07) is 0. The van der Waals surface area contributed by atoms with Crippen LogP contribution in [0.3, 0.4) is 0 Å². The largest absolute Gasteiger partial charge is 0.481 e. The third-order valence-corrected chi connectivity index (χ3v) is 2.96. The molecule has 0 radical (unpaired) electrons. The summed E-state index contributed by atoms with van der Waals surface area (Å²) < 4.78 is 0. The van der Waals surface area contributed by atoms with E-state index in [1.165, 1.54) is 25.7 Å². The lowest BCUT2D eigenvalue weighted by Crippen LogP contribution is -2.03. The lowest BCUT2D eigenvalue weighted by Gasteiger charge is -2.06. The Kier molecular flexibility index (Phi) is 8.51. The molecular formula is C10H19BrO2. The highest BCUT2D eigenvalue weighted by Gasteiger charge is 2.06. The van der Waals surface area contributed by atoms with Crippen molar-refractivity contribution < 1.29 is 9.90 Å². The number of carboxylic acid groups (broad SMARTS) is 1. The number of hydrogen-bond donors (Lipinski definition) is 1. The van der Waals surface area contributed by atoms with Gasteiger partial charge in [-0.1, -0.05) is 48.5 Å². The van der Waals surface area contributed by atoms with Crippen LogP contribution < -0.4 is 0 Å². The minimum atomic E-state index is -0.696. The van der Waals surface area contributed by atoms with Gasteiger partial charge in [-0.25, -0.2) is 0 Å². The Balaban J connectivity index is 3.19. The van der Waals surface area contributed by atoms with Crippen molar-refractivity contribution in [3.05, 3.63) is 0 Å². The van der Waals surface area contributed by atoms with Crippen molar-refractivity contribution in [2.24, 2.45) is 0 Å². The van der Waals surface area contributed by atoms with Gasteiger partial charge in [-0.15, -0.1) is 0 Å². The van der Waals surface area contributed by atoms with E-state index in [0.29, 0.717) is 4.83 Å². The van der Waals surface area contributed by atoms with Crippen LogP contribution in [0.1, 0.15) is 51.9 Å². The molecule has 1 N–H and O–H groups in total. The number of hydrogen-bond acceptors (Lipinski definition) is 1. The molecule has 0 saturated heterocycles. The van der Waals surface area contributed by atoms with Crippen LogP contribution in [0.2, 0.25) is 0 Å². The van der Waals surface area contributed by atoms with Gasteiger partial charge < -0.3 is 5.11 Å². The third kappa shape index (κ3) is 9.87. The quantitative estimate of drug-likeness (QED) is 0.528. The van der Waals surface area contributed by atoms with Crippen molar-refractivity contribution >= 4 is 21.9 Å². The van der Waals surface area contributed by atoms with Gasteiger partial charge in [-0.3, -0.25) is 4.79 Å². The molecule has 0 aliphatic heterocycles. The van der Waals surface area contributed by atoms with Crippen LogP contribution in [0.25, 0.3) is 0 Å². The van der Waals surface area contributed by atoms with Gasteiger partial charge in [0.2, 0.25) is 0 Å². The van der Waals surface area contributed by atoms with Crippen LogP contribution >= 0.6 is 15.9 Å². The molecule has 78 valence electrons. The van der Waals surface area contributed by atoms with Gasteiger partial charge in [0.05, 0.1) is 0 Å². The SMILES string of the molecule is CCCCCCC(Br)CCC(=O)O. The minimum Gasteiger partial charge on any atom is -0.481 e. The Morgan fingerprint density at radius 3 is 2.54 bits per heavy atom. The number of alkyl halides is 1. The summed E-state index contributed by atoms with van der Waals surface area (Å²) in [6.07, 6.45) is 7.16. The van der Waals surface area contributed by atoms with E-state index >= 15 is 0 Å². The topological polar surface area (TPSA) is 37.3 Å². The van der Waals surface area contributed by atoms with Crippen molar-refractivity contribution in [3.63, 3.8) is 0 Å². The number of rotatable bonds is 8. The molecule has 0 spiro atoms. The van der Waals surface area contributed by atoms with E-state index in [1.54, 1.807) is 0 Å². The van der Waals surface area contributed by atoms with E-state index in [4.69, 9.17) is 5.11 Å². The second kappa shape index (κ2) is 8.54. The van der Waals surface area contributed by atoms with Gasteiger partial charge in [-0.2, -0.15) is 0 Å². The molecule has 2 nitrogen and oxygen atoms in total. The smallest absolute Gasteiger partial charge is 0.303 e. The van der Waals surface area contributed by atoms with Crippen LogP contribution in [0.15, 0.2) is 0 Å². The standard InChI is InChI=1S/C10H19BrO2/c1-2-3-4-5-6-9(11)7-8-10(12)13/h9H,2-8H2,1H3,(H,12,13). The maximum atomic E-state index is 10.3. The zero-order valence-electron chi connectivity index (χ0n) is 8.26. The number of carbonyl (C=O) groups is 1. The van der Waals surface area contributed by atoms with Crippen molar-refractivity contribution in [2.45, 2.75) is 56.7 Å². The zero-order valence-corrected chi connectivity index (χ0v) is 9.85. The average molecular weight is 251 g/mol. The summed E-state index contributed by atoms with van der Waals surface area (Å²) in [5.74, 6) is -0.696. The molecule has 0 saturated carbocycles. The molecule has 3 heteroatoms. The predicted molar refractivity (Wildman–Crippen MR) is 58.3 cm³/mol. The zero-order chi connectivity index (χ0) is 10.1. The van der Waals surface area contributed by atoms with Crippen LogP contribution in [0.4, 0.5) is 0 Å². The second-order valence-electron chi connectivity index (χ2n) is 3.38. The molecule has 0 amide bonds. The first-order chi connectivity index (χ1) is 6.16. The first kappa shape index (κ1) is 12.9. The Hall–Kier alpha value is -0.0500.